The Morgan fingerprint density at radius 3 is 2.60 bits per heavy atom. The third-order valence-corrected chi connectivity index (χ3v) is 6.75. The summed E-state index contributed by atoms with van der Waals surface area (Å²) in [6, 6.07) is 20.3. The summed E-state index contributed by atoms with van der Waals surface area (Å²) >= 11 is 3.30. The maximum Gasteiger partial charge on any atom is 0.191 e. The minimum absolute atomic E-state index is 0.678. The van der Waals surface area contributed by atoms with Crippen molar-refractivity contribution in [2.45, 2.75) is 10.9 Å². The number of fused-ring (bicyclic) bond motifs is 1. The second kappa shape index (κ2) is 7.97. The number of rotatable bonds is 6. The lowest BCUT2D eigenvalue weighted by Gasteiger charge is -2.10. The maximum atomic E-state index is 5.31. The normalized spacial score (nSPS) is 11.3. The van der Waals surface area contributed by atoms with Gasteiger partial charge in [0.25, 0.3) is 0 Å². The quantitative estimate of drug-likeness (QED) is 0.345. The van der Waals surface area contributed by atoms with Gasteiger partial charge in [0.15, 0.2) is 11.0 Å². The van der Waals surface area contributed by atoms with Gasteiger partial charge < -0.3 is 9.30 Å². The van der Waals surface area contributed by atoms with E-state index in [1.54, 1.807) is 30.2 Å². The molecule has 0 atom stereocenters. The molecule has 0 aliphatic carbocycles. The van der Waals surface area contributed by atoms with Gasteiger partial charge in [0, 0.05) is 12.7 Å². The zero-order valence-corrected chi connectivity index (χ0v) is 18.2. The van der Waals surface area contributed by atoms with Crippen molar-refractivity contribution in [3.63, 3.8) is 0 Å². The van der Waals surface area contributed by atoms with Crippen molar-refractivity contribution in [1.29, 1.82) is 0 Å². The van der Waals surface area contributed by atoms with E-state index in [0.717, 1.165) is 44.2 Å². The first-order valence-electron chi connectivity index (χ1n) is 9.41. The molecule has 0 aliphatic rings. The third-order valence-electron chi connectivity index (χ3n) is 4.87. The first kappa shape index (κ1) is 18.9. The van der Waals surface area contributed by atoms with E-state index in [4.69, 9.17) is 9.72 Å². The highest BCUT2D eigenvalue weighted by Crippen LogP contribution is 2.30. The molecular formula is C22H19N5OS2. The highest BCUT2D eigenvalue weighted by molar-refractivity contribution is 7.98. The van der Waals surface area contributed by atoms with Gasteiger partial charge >= 0.3 is 0 Å². The van der Waals surface area contributed by atoms with Crippen LogP contribution < -0.4 is 4.74 Å². The minimum Gasteiger partial charge on any atom is -0.497 e. The summed E-state index contributed by atoms with van der Waals surface area (Å²) in [6.45, 7) is 0. The molecule has 0 unspecified atom stereocenters. The summed E-state index contributed by atoms with van der Waals surface area (Å²) < 4.78 is 9.54. The topological polar surface area (TPSA) is 57.8 Å². The molecule has 0 fully saturated rings. The molecule has 0 spiro atoms. The summed E-state index contributed by atoms with van der Waals surface area (Å²) in [5.74, 6) is 3.36. The number of thioether (sulfide) groups is 1. The molecule has 30 heavy (non-hydrogen) atoms. The number of thiophene rings is 1. The number of hydrogen-bond acceptors (Lipinski definition) is 6. The number of para-hydroxylation sites is 2. The van der Waals surface area contributed by atoms with Crippen LogP contribution in [-0.4, -0.2) is 31.4 Å². The average molecular weight is 434 g/mol. The first-order valence-corrected chi connectivity index (χ1v) is 11.3. The van der Waals surface area contributed by atoms with Crippen LogP contribution in [0.4, 0.5) is 0 Å². The van der Waals surface area contributed by atoms with Crippen LogP contribution in [0, 0.1) is 0 Å². The Kier molecular flexibility index (Phi) is 5.02. The van der Waals surface area contributed by atoms with Crippen molar-refractivity contribution in [2.75, 3.05) is 7.11 Å². The molecule has 150 valence electrons. The molecule has 3 heterocycles. The van der Waals surface area contributed by atoms with Crippen LogP contribution >= 0.6 is 23.1 Å². The van der Waals surface area contributed by atoms with Crippen LogP contribution in [0.15, 0.2) is 71.2 Å². The van der Waals surface area contributed by atoms with Crippen molar-refractivity contribution in [3.05, 3.63) is 71.9 Å². The van der Waals surface area contributed by atoms with E-state index in [1.165, 1.54) is 0 Å². The zero-order chi connectivity index (χ0) is 20.5. The molecule has 8 heteroatoms. The van der Waals surface area contributed by atoms with E-state index in [-0.39, 0.29) is 0 Å². The number of ether oxygens (including phenoxy) is 1. The Labute approximate surface area is 182 Å². The Balaban J connectivity index is 1.49. The molecule has 0 radical (unpaired) electrons. The Bertz CT molecular complexity index is 1290. The van der Waals surface area contributed by atoms with E-state index >= 15 is 0 Å². The van der Waals surface area contributed by atoms with Gasteiger partial charge in [0.1, 0.15) is 11.6 Å². The third kappa shape index (κ3) is 3.38. The highest BCUT2D eigenvalue weighted by atomic mass is 32.2. The summed E-state index contributed by atoms with van der Waals surface area (Å²) in [7, 11) is 3.68. The van der Waals surface area contributed by atoms with Crippen LogP contribution in [0.5, 0.6) is 5.75 Å². The number of aromatic nitrogens is 5. The van der Waals surface area contributed by atoms with Crippen LogP contribution in [0.2, 0.25) is 0 Å². The largest absolute Gasteiger partial charge is 0.497 e. The monoisotopic (exact) mass is 433 g/mol. The van der Waals surface area contributed by atoms with Crippen LogP contribution in [0.1, 0.15) is 5.82 Å². The SMILES string of the molecule is COc1ccc(-n2c(CSc3nnc(-c4cccs4)n3C)nc3ccccc32)cc1. The van der Waals surface area contributed by atoms with Crippen molar-refractivity contribution in [2.24, 2.45) is 7.05 Å². The van der Waals surface area contributed by atoms with Crippen molar-refractivity contribution in [1.82, 2.24) is 24.3 Å². The van der Waals surface area contributed by atoms with Gasteiger partial charge in [0.2, 0.25) is 0 Å². The van der Waals surface area contributed by atoms with E-state index in [9.17, 15) is 0 Å². The van der Waals surface area contributed by atoms with Gasteiger partial charge in [-0.1, -0.05) is 30.0 Å². The Morgan fingerprint density at radius 1 is 1.00 bits per heavy atom. The zero-order valence-electron chi connectivity index (χ0n) is 16.5. The van der Waals surface area contributed by atoms with Gasteiger partial charge in [-0.25, -0.2) is 4.98 Å². The number of imidazole rings is 1. The second-order valence-corrected chi connectivity index (χ2v) is 8.57. The molecule has 6 nitrogen and oxygen atoms in total. The first-order chi connectivity index (χ1) is 14.7. The Hall–Kier alpha value is -3.10. The lowest BCUT2D eigenvalue weighted by atomic mass is 10.2. The predicted molar refractivity (Wildman–Crippen MR) is 121 cm³/mol. The van der Waals surface area contributed by atoms with E-state index in [0.29, 0.717) is 5.75 Å². The summed E-state index contributed by atoms with van der Waals surface area (Å²) in [5, 5.41) is 11.7. The standard InChI is InChI=1S/C22H19N5OS2/c1-26-21(19-8-5-13-29-19)24-25-22(26)30-14-20-23-17-6-3-4-7-18(17)27(20)15-9-11-16(28-2)12-10-15/h3-13H,14H2,1-2H3. The summed E-state index contributed by atoms with van der Waals surface area (Å²) in [4.78, 5) is 6.00. The maximum absolute atomic E-state index is 5.31. The number of methoxy groups -OCH3 is 1. The average Bonchev–Trinajstić information content (AvgIpc) is 3.51. The lowest BCUT2D eigenvalue weighted by Crippen LogP contribution is -2.01. The van der Waals surface area contributed by atoms with E-state index in [2.05, 4.69) is 39.0 Å². The van der Waals surface area contributed by atoms with Gasteiger partial charge in [-0.05, 0) is 47.8 Å². The van der Waals surface area contributed by atoms with Gasteiger partial charge in [-0.2, -0.15) is 0 Å². The predicted octanol–water partition coefficient (Wildman–Crippen LogP) is 5.18. The fourth-order valence-corrected chi connectivity index (χ4v) is 4.96. The van der Waals surface area contributed by atoms with E-state index in [1.807, 2.05) is 53.4 Å². The number of benzene rings is 2. The molecule has 0 saturated carbocycles. The van der Waals surface area contributed by atoms with Gasteiger partial charge in [-0.15, -0.1) is 21.5 Å². The Morgan fingerprint density at radius 2 is 1.83 bits per heavy atom. The van der Waals surface area contributed by atoms with Crippen LogP contribution in [0.25, 0.3) is 27.4 Å². The fourth-order valence-electron chi connectivity index (χ4n) is 3.38. The van der Waals surface area contributed by atoms with Crippen molar-refractivity contribution in [3.8, 4) is 22.1 Å². The molecule has 0 N–H and O–H groups in total. The molecule has 2 aromatic carbocycles. The second-order valence-electron chi connectivity index (χ2n) is 6.68. The minimum atomic E-state index is 0.678. The highest BCUT2D eigenvalue weighted by Gasteiger charge is 2.16. The molecule has 5 rings (SSSR count). The summed E-state index contributed by atoms with van der Waals surface area (Å²) in [5.41, 5.74) is 3.11. The number of nitrogens with zero attached hydrogens (tertiary/aromatic N) is 5. The van der Waals surface area contributed by atoms with Crippen LogP contribution in [0.3, 0.4) is 0 Å². The van der Waals surface area contributed by atoms with E-state index < -0.39 is 0 Å². The molecule has 0 saturated heterocycles. The van der Waals surface area contributed by atoms with Crippen molar-refractivity contribution >= 4 is 34.1 Å². The number of hydrogen-bond donors (Lipinski definition) is 0. The van der Waals surface area contributed by atoms with Gasteiger partial charge in [0.05, 0.1) is 28.8 Å². The van der Waals surface area contributed by atoms with Crippen LogP contribution in [-0.2, 0) is 12.8 Å². The molecule has 0 amide bonds. The molecule has 0 aliphatic heterocycles. The summed E-state index contributed by atoms with van der Waals surface area (Å²) in [6.07, 6.45) is 0. The molecule has 3 aromatic heterocycles. The molecular weight excluding hydrogens is 414 g/mol. The van der Waals surface area contributed by atoms with Crippen molar-refractivity contribution < 1.29 is 4.74 Å². The smallest absolute Gasteiger partial charge is 0.191 e. The lowest BCUT2D eigenvalue weighted by molar-refractivity contribution is 0.414. The van der Waals surface area contributed by atoms with Gasteiger partial charge in [-0.3, -0.25) is 4.57 Å². The fraction of sp³-hybridized carbons (Fsp3) is 0.136. The molecule has 5 aromatic rings. The molecule has 0 bridgehead atoms.